The van der Waals surface area contributed by atoms with Crippen molar-refractivity contribution in [3.8, 4) is 5.75 Å². The summed E-state index contributed by atoms with van der Waals surface area (Å²) in [6, 6.07) is 5.88. The molecule has 5 heteroatoms. The molecule has 0 saturated carbocycles. The summed E-state index contributed by atoms with van der Waals surface area (Å²) < 4.78 is 13.5. The molecule has 102 valence electrons. The van der Waals surface area contributed by atoms with Gasteiger partial charge in [0, 0.05) is 12.6 Å². The number of nitrogens with one attached hydrogen (secondary N) is 1. The molecule has 1 aromatic heterocycles. The number of methoxy groups -OCH3 is 1. The number of fused-ring (bicyclic) bond motifs is 1. The topological polar surface area (TPSA) is 39.2 Å². The smallest absolute Gasteiger partial charge is 0.178 e. The zero-order chi connectivity index (χ0) is 13.7. The van der Waals surface area contributed by atoms with Gasteiger partial charge in [-0.3, -0.25) is 0 Å². The van der Waals surface area contributed by atoms with Crippen molar-refractivity contribution in [1.82, 2.24) is 9.55 Å². The maximum atomic E-state index is 5.52. The Hall–Kier alpha value is -1.59. The second kappa shape index (κ2) is 6.54. The second-order valence-electron chi connectivity index (χ2n) is 4.15. The standard InChI is InChI=1S/C14H18N2O2S/c1-3-4-8-18-9-7-16-13-6-5-11(17-2)10-12(13)15-14(16)19/h3,5-6,10H,1,4,7-9H2,2H3,(H,15,19). The third-order valence-electron chi connectivity index (χ3n) is 2.91. The number of aromatic nitrogens is 2. The molecule has 2 rings (SSSR count). The Bertz CT molecular complexity index is 615. The number of benzene rings is 1. The van der Waals surface area contributed by atoms with Crippen molar-refractivity contribution in [3.05, 3.63) is 35.6 Å². The Morgan fingerprint density at radius 2 is 2.26 bits per heavy atom. The zero-order valence-corrected chi connectivity index (χ0v) is 11.8. The minimum Gasteiger partial charge on any atom is -0.497 e. The molecule has 0 aliphatic carbocycles. The van der Waals surface area contributed by atoms with Gasteiger partial charge in [-0.15, -0.1) is 6.58 Å². The van der Waals surface area contributed by atoms with E-state index in [1.807, 2.05) is 28.8 Å². The van der Waals surface area contributed by atoms with Gasteiger partial charge in [-0.2, -0.15) is 0 Å². The first-order chi connectivity index (χ1) is 9.26. The fourth-order valence-corrected chi connectivity index (χ4v) is 2.22. The van der Waals surface area contributed by atoms with E-state index in [1.54, 1.807) is 7.11 Å². The SMILES string of the molecule is C=CCCOCCn1c(=S)[nH]c2cc(OC)ccc21. The first-order valence-corrected chi connectivity index (χ1v) is 6.62. The predicted molar refractivity (Wildman–Crippen MR) is 79.3 cm³/mol. The van der Waals surface area contributed by atoms with Crippen LogP contribution in [0.2, 0.25) is 0 Å². The summed E-state index contributed by atoms with van der Waals surface area (Å²) in [6.07, 6.45) is 2.72. The minimum absolute atomic E-state index is 0.640. The van der Waals surface area contributed by atoms with E-state index in [-0.39, 0.29) is 0 Å². The first-order valence-electron chi connectivity index (χ1n) is 6.21. The van der Waals surface area contributed by atoms with Gasteiger partial charge < -0.3 is 19.0 Å². The van der Waals surface area contributed by atoms with Crippen molar-refractivity contribution >= 4 is 23.3 Å². The number of aromatic amines is 1. The summed E-state index contributed by atoms with van der Waals surface area (Å²) in [4.78, 5) is 3.18. The molecule has 0 fully saturated rings. The number of hydrogen-bond donors (Lipinski definition) is 1. The fourth-order valence-electron chi connectivity index (χ4n) is 1.92. The lowest BCUT2D eigenvalue weighted by atomic mass is 10.3. The van der Waals surface area contributed by atoms with Crippen LogP contribution in [0.25, 0.3) is 11.0 Å². The molecule has 1 heterocycles. The Kier molecular flexibility index (Phi) is 4.76. The normalized spacial score (nSPS) is 10.8. The molecular formula is C14H18N2O2S. The molecule has 1 aromatic carbocycles. The third kappa shape index (κ3) is 3.24. The lowest BCUT2D eigenvalue weighted by Crippen LogP contribution is -2.06. The van der Waals surface area contributed by atoms with E-state index in [2.05, 4.69) is 11.6 Å². The van der Waals surface area contributed by atoms with Crippen LogP contribution in [0.3, 0.4) is 0 Å². The van der Waals surface area contributed by atoms with Crippen molar-refractivity contribution in [2.24, 2.45) is 0 Å². The quantitative estimate of drug-likeness (QED) is 0.480. The third-order valence-corrected chi connectivity index (χ3v) is 3.23. The van der Waals surface area contributed by atoms with E-state index >= 15 is 0 Å². The molecule has 0 spiro atoms. The predicted octanol–water partition coefficient (Wildman–Crippen LogP) is 3.30. The van der Waals surface area contributed by atoms with Crippen LogP contribution in [0, 0.1) is 4.77 Å². The summed E-state index contributed by atoms with van der Waals surface area (Å²) >= 11 is 5.33. The molecule has 4 nitrogen and oxygen atoms in total. The highest BCUT2D eigenvalue weighted by molar-refractivity contribution is 7.71. The summed E-state index contributed by atoms with van der Waals surface area (Å²) in [5, 5.41) is 0. The number of hydrogen-bond acceptors (Lipinski definition) is 3. The molecule has 19 heavy (non-hydrogen) atoms. The van der Waals surface area contributed by atoms with Gasteiger partial charge in [-0.1, -0.05) is 6.08 Å². The lowest BCUT2D eigenvalue weighted by Gasteiger charge is -2.06. The molecule has 0 bridgehead atoms. The molecule has 0 aliphatic rings. The van der Waals surface area contributed by atoms with Crippen molar-refractivity contribution in [3.63, 3.8) is 0 Å². The second-order valence-corrected chi connectivity index (χ2v) is 4.54. The van der Waals surface area contributed by atoms with Gasteiger partial charge in [0.1, 0.15) is 5.75 Å². The Morgan fingerprint density at radius 3 is 3.00 bits per heavy atom. The average molecular weight is 278 g/mol. The van der Waals surface area contributed by atoms with Gasteiger partial charge in [-0.05, 0) is 30.8 Å². The zero-order valence-electron chi connectivity index (χ0n) is 11.0. The highest BCUT2D eigenvalue weighted by Gasteiger charge is 2.05. The molecule has 0 aliphatic heterocycles. The number of imidazole rings is 1. The van der Waals surface area contributed by atoms with Crippen molar-refractivity contribution < 1.29 is 9.47 Å². The highest BCUT2D eigenvalue weighted by atomic mass is 32.1. The van der Waals surface area contributed by atoms with Gasteiger partial charge in [-0.25, -0.2) is 0 Å². The van der Waals surface area contributed by atoms with E-state index in [9.17, 15) is 0 Å². The Balaban J connectivity index is 2.12. The van der Waals surface area contributed by atoms with E-state index in [4.69, 9.17) is 21.7 Å². The average Bonchev–Trinajstić information content (AvgIpc) is 2.73. The van der Waals surface area contributed by atoms with Crippen LogP contribution in [0.5, 0.6) is 5.75 Å². The molecule has 0 saturated heterocycles. The minimum atomic E-state index is 0.640. The molecule has 1 N–H and O–H groups in total. The van der Waals surface area contributed by atoms with E-state index < -0.39 is 0 Å². The molecule has 0 atom stereocenters. The number of nitrogens with zero attached hydrogens (tertiary/aromatic N) is 1. The van der Waals surface area contributed by atoms with Crippen molar-refractivity contribution in [1.29, 1.82) is 0 Å². The lowest BCUT2D eigenvalue weighted by molar-refractivity contribution is 0.131. The van der Waals surface area contributed by atoms with Crippen LogP contribution in [0.4, 0.5) is 0 Å². The van der Waals surface area contributed by atoms with Crippen LogP contribution < -0.4 is 4.74 Å². The molecule has 2 aromatic rings. The number of ether oxygens (including phenoxy) is 2. The Morgan fingerprint density at radius 1 is 1.42 bits per heavy atom. The van der Waals surface area contributed by atoms with Gasteiger partial charge >= 0.3 is 0 Å². The monoisotopic (exact) mass is 278 g/mol. The van der Waals surface area contributed by atoms with Gasteiger partial charge in [0.25, 0.3) is 0 Å². The van der Waals surface area contributed by atoms with Crippen molar-refractivity contribution in [2.75, 3.05) is 20.3 Å². The largest absolute Gasteiger partial charge is 0.497 e. The number of H-pyrrole nitrogens is 1. The number of rotatable bonds is 7. The first kappa shape index (κ1) is 13.8. The van der Waals surface area contributed by atoms with Crippen LogP contribution in [0.1, 0.15) is 6.42 Å². The van der Waals surface area contributed by atoms with Gasteiger partial charge in [0.15, 0.2) is 4.77 Å². The van der Waals surface area contributed by atoms with E-state index in [0.717, 1.165) is 29.7 Å². The molecule has 0 radical (unpaired) electrons. The summed E-state index contributed by atoms with van der Waals surface area (Å²) in [6.45, 7) is 5.74. The summed E-state index contributed by atoms with van der Waals surface area (Å²) in [5.41, 5.74) is 2.05. The van der Waals surface area contributed by atoms with E-state index in [0.29, 0.717) is 18.0 Å². The van der Waals surface area contributed by atoms with Gasteiger partial charge in [0.05, 0.1) is 31.4 Å². The molecule has 0 amide bonds. The maximum absolute atomic E-state index is 5.52. The van der Waals surface area contributed by atoms with Crippen LogP contribution in [-0.2, 0) is 11.3 Å². The van der Waals surface area contributed by atoms with Gasteiger partial charge in [0.2, 0.25) is 0 Å². The van der Waals surface area contributed by atoms with Crippen LogP contribution in [-0.4, -0.2) is 29.9 Å². The van der Waals surface area contributed by atoms with Crippen LogP contribution in [0.15, 0.2) is 30.9 Å². The van der Waals surface area contributed by atoms with E-state index in [1.165, 1.54) is 0 Å². The van der Waals surface area contributed by atoms with Crippen LogP contribution >= 0.6 is 12.2 Å². The molecular weight excluding hydrogens is 260 g/mol. The summed E-state index contributed by atoms with van der Waals surface area (Å²) in [5.74, 6) is 0.818. The molecule has 0 unspecified atom stereocenters. The highest BCUT2D eigenvalue weighted by Crippen LogP contribution is 2.20. The summed E-state index contributed by atoms with van der Waals surface area (Å²) in [7, 11) is 1.65. The van der Waals surface area contributed by atoms with Crippen molar-refractivity contribution in [2.45, 2.75) is 13.0 Å². The maximum Gasteiger partial charge on any atom is 0.178 e. The Labute approximate surface area is 117 Å². The fraction of sp³-hybridized carbons (Fsp3) is 0.357.